The Bertz CT molecular complexity index is 585. The Hall–Kier alpha value is -1.69. The number of aromatic nitrogens is 4. The van der Waals surface area contributed by atoms with Gasteiger partial charge in [0.05, 0.1) is 6.04 Å². The Kier molecular flexibility index (Phi) is 2.97. The van der Waals surface area contributed by atoms with Gasteiger partial charge in [0.1, 0.15) is 0 Å². The van der Waals surface area contributed by atoms with Crippen molar-refractivity contribution in [1.29, 1.82) is 0 Å². The molecule has 0 aliphatic carbocycles. The highest BCUT2D eigenvalue weighted by molar-refractivity contribution is 5.35. The minimum absolute atomic E-state index is 0.164. The molecule has 0 spiro atoms. The van der Waals surface area contributed by atoms with Crippen LogP contribution in [0.25, 0.3) is 5.65 Å². The predicted octanol–water partition coefficient (Wildman–Crippen LogP) is 0.474. The first-order chi connectivity index (χ1) is 8.06. The van der Waals surface area contributed by atoms with Gasteiger partial charge >= 0.3 is 0 Å². The molecule has 0 amide bonds. The van der Waals surface area contributed by atoms with Crippen LogP contribution in [0.2, 0.25) is 0 Å². The average Bonchev–Trinajstić information content (AvgIpc) is 2.76. The van der Waals surface area contributed by atoms with Crippen LogP contribution in [0.3, 0.4) is 0 Å². The molecular weight excluding hydrogens is 218 g/mol. The number of aryl methyl sites for hydroxylation is 1. The Balaban J connectivity index is 2.58. The lowest BCUT2D eigenvalue weighted by Crippen LogP contribution is -2.23. The molecule has 6 nitrogen and oxygen atoms in total. The molecule has 2 rings (SSSR count). The molecule has 6 heteroatoms. The SMILES string of the molecule is CC[C@@H](C)[C@H](N)c1nnc2c(=O)n(C)ccn12. The lowest BCUT2D eigenvalue weighted by Gasteiger charge is -2.16. The van der Waals surface area contributed by atoms with Crippen molar-refractivity contribution < 1.29 is 0 Å². The molecule has 2 aromatic heterocycles. The van der Waals surface area contributed by atoms with Gasteiger partial charge in [-0.2, -0.15) is 0 Å². The normalized spacial score (nSPS) is 15.1. The highest BCUT2D eigenvalue weighted by atomic mass is 16.1. The van der Waals surface area contributed by atoms with Crippen molar-refractivity contribution in [1.82, 2.24) is 19.2 Å². The van der Waals surface area contributed by atoms with Crippen LogP contribution in [0.5, 0.6) is 0 Å². The molecule has 0 radical (unpaired) electrons. The van der Waals surface area contributed by atoms with E-state index in [4.69, 9.17) is 5.73 Å². The van der Waals surface area contributed by atoms with Gasteiger partial charge in [-0.25, -0.2) is 0 Å². The first kappa shape index (κ1) is 11.8. The van der Waals surface area contributed by atoms with Crippen LogP contribution in [0, 0.1) is 5.92 Å². The molecule has 0 saturated heterocycles. The van der Waals surface area contributed by atoms with Crippen LogP contribution < -0.4 is 11.3 Å². The summed E-state index contributed by atoms with van der Waals surface area (Å²) in [4.78, 5) is 11.8. The lowest BCUT2D eigenvalue weighted by atomic mass is 10.00. The van der Waals surface area contributed by atoms with Crippen molar-refractivity contribution in [2.24, 2.45) is 18.7 Å². The van der Waals surface area contributed by atoms with Gasteiger partial charge in [0, 0.05) is 19.4 Å². The second-order valence-electron chi connectivity index (χ2n) is 4.38. The van der Waals surface area contributed by atoms with E-state index in [1.165, 1.54) is 4.57 Å². The van der Waals surface area contributed by atoms with E-state index in [0.717, 1.165) is 6.42 Å². The summed E-state index contributed by atoms with van der Waals surface area (Å²) in [6.07, 6.45) is 4.42. The van der Waals surface area contributed by atoms with Gasteiger partial charge in [-0.15, -0.1) is 10.2 Å². The molecule has 0 unspecified atom stereocenters. The van der Waals surface area contributed by atoms with Crippen LogP contribution in [0.15, 0.2) is 17.2 Å². The molecule has 2 atom stereocenters. The molecule has 2 N–H and O–H groups in total. The molecule has 0 aromatic carbocycles. The molecule has 0 aliphatic rings. The fourth-order valence-corrected chi connectivity index (χ4v) is 1.72. The summed E-state index contributed by atoms with van der Waals surface area (Å²) in [6.45, 7) is 4.14. The summed E-state index contributed by atoms with van der Waals surface area (Å²) in [5.74, 6) is 0.943. The van der Waals surface area contributed by atoms with E-state index >= 15 is 0 Å². The molecule has 17 heavy (non-hydrogen) atoms. The zero-order chi connectivity index (χ0) is 12.6. The van der Waals surface area contributed by atoms with Crippen LogP contribution in [0.4, 0.5) is 0 Å². The average molecular weight is 235 g/mol. The second kappa shape index (κ2) is 4.29. The molecule has 0 saturated carbocycles. The Morgan fingerprint density at radius 3 is 2.76 bits per heavy atom. The fourth-order valence-electron chi connectivity index (χ4n) is 1.72. The maximum Gasteiger partial charge on any atom is 0.295 e. The second-order valence-corrected chi connectivity index (χ2v) is 4.38. The maximum atomic E-state index is 11.8. The first-order valence-corrected chi connectivity index (χ1v) is 5.72. The van der Waals surface area contributed by atoms with Gasteiger partial charge in [-0.05, 0) is 5.92 Å². The largest absolute Gasteiger partial charge is 0.321 e. The lowest BCUT2D eigenvalue weighted by molar-refractivity contribution is 0.436. The Morgan fingerprint density at radius 1 is 1.41 bits per heavy atom. The van der Waals surface area contributed by atoms with Crippen LogP contribution in [0.1, 0.15) is 32.1 Å². The summed E-state index contributed by atoms with van der Waals surface area (Å²) in [5, 5.41) is 7.96. The smallest absolute Gasteiger partial charge is 0.295 e. The third kappa shape index (κ3) is 1.84. The molecule has 92 valence electrons. The van der Waals surface area contributed by atoms with E-state index in [0.29, 0.717) is 17.4 Å². The third-order valence-electron chi connectivity index (χ3n) is 3.23. The van der Waals surface area contributed by atoms with E-state index in [9.17, 15) is 4.79 Å². The quantitative estimate of drug-likeness (QED) is 0.839. The van der Waals surface area contributed by atoms with Crippen molar-refractivity contribution in [3.05, 3.63) is 28.6 Å². The Morgan fingerprint density at radius 2 is 2.12 bits per heavy atom. The van der Waals surface area contributed by atoms with E-state index in [2.05, 4.69) is 24.0 Å². The number of nitrogens with two attached hydrogens (primary N) is 1. The summed E-state index contributed by atoms with van der Waals surface area (Å²) in [7, 11) is 1.69. The summed E-state index contributed by atoms with van der Waals surface area (Å²) < 4.78 is 3.15. The highest BCUT2D eigenvalue weighted by Crippen LogP contribution is 2.19. The zero-order valence-electron chi connectivity index (χ0n) is 10.3. The van der Waals surface area contributed by atoms with E-state index < -0.39 is 0 Å². The standard InChI is InChI=1S/C11H17N5O/c1-4-7(2)8(12)9-13-14-10-11(17)15(3)5-6-16(9)10/h5-8H,4,12H2,1-3H3/t7-,8+/m1/s1. The number of nitrogens with zero attached hydrogens (tertiary/aromatic N) is 4. The van der Waals surface area contributed by atoms with Crippen molar-refractivity contribution in [2.45, 2.75) is 26.3 Å². The topological polar surface area (TPSA) is 78.2 Å². The predicted molar refractivity (Wildman–Crippen MR) is 64.6 cm³/mol. The summed E-state index contributed by atoms with van der Waals surface area (Å²) >= 11 is 0. The van der Waals surface area contributed by atoms with Gasteiger partial charge < -0.3 is 10.3 Å². The Labute approximate surface area is 99.1 Å². The minimum atomic E-state index is -0.206. The number of hydrogen-bond donors (Lipinski definition) is 1. The van der Waals surface area contributed by atoms with Gasteiger partial charge in [-0.3, -0.25) is 9.20 Å². The van der Waals surface area contributed by atoms with Gasteiger partial charge in [-0.1, -0.05) is 20.3 Å². The molecule has 2 aromatic rings. The van der Waals surface area contributed by atoms with Crippen molar-refractivity contribution >= 4 is 5.65 Å². The summed E-state index contributed by atoms with van der Waals surface area (Å²) in [5.41, 5.74) is 6.27. The highest BCUT2D eigenvalue weighted by Gasteiger charge is 2.20. The fraction of sp³-hybridized carbons (Fsp3) is 0.545. The summed E-state index contributed by atoms with van der Waals surface area (Å²) in [6, 6.07) is -0.206. The van der Waals surface area contributed by atoms with Crippen molar-refractivity contribution in [3.63, 3.8) is 0 Å². The minimum Gasteiger partial charge on any atom is -0.321 e. The molecule has 0 bridgehead atoms. The maximum absolute atomic E-state index is 11.8. The first-order valence-electron chi connectivity index (χ1n) is 5.72. The van der Waals surface area contributed by atoms with E-state index in [-0.39, 0.29) is 11.6 Å². The third-order valence-corrected chi connectivity index (χ3v) is 3.23. The number of rotatable bonds is 3. The molecule has 0 aliphatic heterocycles. The van der Waals surface area contributed by atoms with Crippen molar-refractivity contribution in [3.8, 4) is 0 Å². The monoisotopic (exact) mass is 235 g/mol. The molecular formula is C11H17N5O. The molecule has 2 heterocycles. The van der Waals surface area contributed by atoms with E-state index in [1.54, 1.807) is 23.8 Å². The number of fused-ring (bicyclic) bond motifs is 1. The van der Waals surface area contributed by atoms with Gasteiger partial charge in [0.2, 0.25) is 5.65 Å². The van der Waals surface area contributed by atoms with Crippen LogP contribution >= 0.6 is 0 Å². The van der Waals surface area contributed by atoms with E-state index in [1.807, 2.05) is 0 Å². The van der Waals surface area contributed by atoms with Gasteiger partial charge in [0.25, 0.3) is 5.56 Å². The van der Waals surface area contributed by atoms with Crippen LogP contribution in [-0.4, -0.2) is 19.2 Å². The molecule has 0 fully saturated rings. The number of hydrogen-bond acceptors (Lipinski definition) is 4. The zero-order valence-corrected chi connectivity index (χ0v) is 10.3. The van der Waals surface area contributed by atoms with Gasteiger partial charge in [0.15, 0.2) is 5.82 Å². The van der Waals surface area contributed by atoms with Crippen LogP contribution in [-0.2, 0) is 7.05 Å². The van der Waals surface area contributed by atoms with Crippen molar-refractivity contribution in [2.75, 3.05) is 0 Å².